The standard InChI is InChI=1S/C24H29N7O2/c1-16-13-26-24(27-14-17-8-10-31(11-9-17)15-21(32)30(2)3)29-22(16)18(12-25)23-28-19-6-4-5-7-20(19)33-23/h4-7,13,17,28H,8-11,14-15H2,1-3H3,(H,26,27,29)/b23-18+. The van der Waals surface area contributed by atoms with Crippen LogP contribution in [0.4, 0.5) is 11.6 Å². The zero-order chi connectivity index (χ0) is 23.4. The van der Waals surface area contributed by atoms with E-state index < -0.39 is 0 Å². The third-order valence-corrected chi connectivity index (χ3v) is 6.01. The lowest BCUT2D eigenvalue weighted by atomic mass is 9.97. The third-order valence-electron chi connectivity index (χ3n) is 6.01. The number of rotatable bonds is 6. The van der Waals surface area contributed by atoms with Gasteiger partial charge in [0.1, 0.15) is 11.6 Å². The highest BCUT2D eigenvalue weighted by atomic mass is 16.5. The van der Waals surface area contributed by atoms with Gasteiger partial charge in [-0.3, -0.25) is 9.69 Å². The summed E-state index contributed by atoms with van der Waals surface area (Å²) in [5, 5.41) is 16.3. The number of para-hydroxylation sites is 2. The number of hydrogen-bond donors (Lipinski definition) is 2. The number of piperidine rings is 1. The number of nitrogens with zero attached hydrogens (tertiary/aromatic N) is 5. The van der Waals surface area contributed by atoms with Crippen LogP contribution < -0.4 is 15.4 Å². The van der Waals surface area contributed by atoms with Crippen molar-refractivity contribution in [3.05, 3.63) is 47.6 Å². The summed E-state index contributed by atoms with van der Waals surface area (Å²) in [6.07, 6.45) is 3.74. The maximum atomic E-state index is 11.9. The Morgan fingerprint density at radius 3 is 2.79 bits per heavy atom. The average molecular weight is 448 g/mol. The topological polar surface area (TPSA) is 106 Å². The van der Waals surface area contributed by atoms with E-state index in [9.17, 15) is 10.1 Å². The smallest absolute Gasteiger partial charge is 0.236 e. The number of aryl methyl sites for hydroxylation is 1. The van der Waals surface area contributed by atoms with Crippen molar-refractivity contribution in [2.75, 3.05) is 50.9 Å². The summed E-state index contributed by atoms with van der Waals surface area (Å²) in [5.74, 6) is 2.17. The number of allylic oxidation sites excluding steroid dienone is 1. The summed E-state index contributed by atoms with van der Waals surface area (Å²) < 4.78 is 5.85. The van der Waals surface area contributed by atoms with Gasteiger partial charge in [-0.05, 0) is 56.5 Å². The number of carbonyl (C=O) groups is 1. The normalized spacial score (nSPS) is 17.4. The fourth-order valence-electron chi connectivity index (χ4n) is 3.94. The van der Waals surface area contributed by atoms with Crippen molar-refractivity contribution in [2.45, 2.75) is 19.8 Å². The van der Waals surface area contributed by atoms with Gasteiger partial charge in [-0.2, -0.15) is 5.26 Å². The van der Waals surface area contributed by atoms with Gasteiger partial charge in [-0.1, -0.05) is 12.1 Å². The van der Waals surface area contributed by atoms with Crippen LogP contribution in [0.5, 0.6) is 5.75 Å². The van der Waals surface area contributed by atoms with Crippen LogP contribution in [0.3, 0.4) is 0 Å². The van der Waals surface area contributed by atoms with Crippen LogP contribution >= 0.6 is 0 Å². The van der Waals surface area contributed by atoms with Crippen LogP contribution in [0, 0.1) is 24.2 Å². The van der Waals surface area contributed by atoms with E-state index >= 15 is 0 Å². The molecule has 4 rings (SSSR count). The highest BCUT2D eigenvalue weighted by Gasteiger charge is 2.24. The second kappa shape index (κ2) is 9.88. The number of fused-ring (bicyclic) bond motifs is 1. The minimum absolute atomic E-state index is 0.137. The molecule has 2 N–H and O–H groups in total. The summed E-state index contributed by atoms with van der Waals surface area (Å²) in [6, 6.07) is 9.79. The van der Waals surface area contributed by atoms with Crippen LogP contribution in [0.15, 0.2) is 36.3 Å². The maximum Gasteiger partial charge on any atom is 0.236 e. The monoisotopic (exact) mass is 447 g/mol. The lowest BCUT2D eigenvalue weighted by Gasteiger charge is -2.32. The second-order valence-corrected chi connectivity index (χ2v) is 8.65. The molecule has 0 atom stereocenters. The zero-order valence-corrected chi connectivity index (χ0v) is 19.3. The van der Waals surface area contributed by atoms with E-state index in [0.717, 1.165) is 43.7 Å². The quantitative estimate of drug-likeness (QED) is 0.651. The minimum atomic E-state index is 0.137. The number of anilines is 2. The van der Waals surface area contributed by atoms with Crippen molar-refractivity contribution in [1.29, 1.82) is 5.26 Å². The zero-order valence-electron chi connectivity index (χ0n) is 19.3. The van der Waals surface area contributed by atoms with Gasteiger partial charge in [0.25, 0.3) is 0 Å². The highest BCUT2D eigenvalue weighted by Crippen LogP contribution is 2.35. The van der Waals surface area contributed by atoms with Gasteiger partial charge in [0.2, 0.25) is 17.7 Å². The van der Waals surface area contributed by atoms with E-state index in [1.54, 1.807) is 25.2 Å². The fourth-order valence-corrected chi connectivity index (χ4v) is 3.94. The lowest BCUT2D eigenvalue weighted by Crippen LogP contribution is -2.42. The van der Waals surface area contributed by atoms with Crippen molar-refractivity contribution < 1.29 is 9.53 Å². The third kappa shape index (κ3) is 5.23. The number of likely N-dealkylation sites (tertiary alicyclic amines) is 1. The average Bonchev–Trinajstić information content (AvgIpc) is 3.24. The predicted molar refractivity (Wildman–Crippen MR) is 126 cm³/mol. The van der Waals surface area contributed by atoms with Crippen LogP contribution in [0.25, 0.3) is 5.57 Å². The largest absolute Gasteiger partial charge is 0.437 e. The first kappa shape index (κ1) is 22.6. The number of carbonyl (C=O) groups excluding carboxylic acids is 1. The molecule has 0 bridgehead atoms. The first-order valence-corrected chi connectivity index (χ1v) is 11.1. The van der Waals surface area contributed by atoms with Gasteiger partial charge in [-0.15, -0.1) is 0 Å². The molecule has 9 nitrogen and oxygen atoms in total. The molecule has 1 aromatic heterocycles. The van der Waals surface area contributed by atoms with Gasteiger partial charge in [-0.25, -0.2) is 9.97 Å². The fraction of sp³-hybridized carbons (Fsp3) is 0.417. The predicted octanol–water partition coefficient (Wildman–Crippen LogP) is 2.69. The Hall–Kier alpha value is -3.64. The summed E-state index contributed by atoms with van der Waals surface area (Å²) in [6.45, 7) is 4.91. The molecular formula is C24H29N7O2. The van der Waals surface area contributed by atoms with E-state index in [4.69, 9.17) is 4.74 Å². The first-order chi connectivity index (χ1) is 15.9. The molecule has 0 unspecified atom stereocenters. The minimum Gasteiger partial charge on any atom is -0.437 e. The molecule has 3 heterocycles. The van der Waals surface area contributed by atoms with Crippen LogP contribution in [0.1, 0.15) is 24.1 Å². The molecule has 33 heavy (non-hydrogen) atoms. The molecule has 0 saturated carbocycles. The van der Waals surface area contributed by atoms with Crippen molar-refractivity contribution >= 4 is 23.1 Å². The molecule has 1 aromatic carbocycles. The molecule has 172 valence electrons. The molecule has 9 heteroatoms. The molecule has 1 fully saturated rings. The van der Waals surface area contributed by atoms with Gasteiger partial charge in [0.05, 0.1) is 17.9 Å². The van der Waals surface area contributed by atoms with Crippen molar-refractivity contribution in [3.8, 4) is 11.8 Å². The Morgan fingerprint density at radius 2 is 2.09 bits per heavy atom. The van der Waals surface area contributed by atoms with E-state index in [2.05, 4.69) is 31.6 Å². The number of nitrogens with one attached hydrogen (secondary N) is 2. The Bertz CT molecular complexity index is 1070. The SMILES string of the molecule is Cc1cnc(NCC2CCN(CC(=O)N(C)C)CC2)nc1/C(C#N)=C1\Nc2ccccc2O1. The molecule has 0 aliphatic carbocycles. The summed E-state index contributed by atoms with van der Waals surface area (Å²) in [5.41, 5.74) is 2.50. The van der Waals surface area contributed by atoms with E-state index in [0.29, 0.717) is 41.3 Å². The molecule has 1 saturated heterocycles. The number of benzene rings is 1. The highest BCUT2D eigenvalue weighted by molar-refractivity contribution is 5.83. The summed E-state index contributed by atoms with van der Waals surface area (Å²) in [7, 11) is 3.58. The molecule has 2 aliphatic rings. The van der Waals surface area contributed by atoms with E-state index in [1.165, 1.54) is 0 Å². The van der Waals surface area contributed by atoms with Crippen LogP contribution in [-0.4, -0.2) is 65.9 Å². The van der Waals surface area contributed by atoms with Crippen LogP contribution in [0.2, 0.25) is 0 Å². The first-order valence-electron chi connectivity index (χ1n) is 11.1. The number of amides is 1. The number of aromatic nitrogens is 2. The van der Waals surface area contributed by atoms with Gasteiger partial charge >= 0.3 is 0 Å². The Balaban J connectivity index is 1.39. The number of nitriles is 1. The number of ether oxygens (including phenoxy) is 1. The molecule has 2 aliphatic heterocycles. The van der Waals surface area contributed by atoms with E-state index in [1.807, 2.05) is 31.2 Å². The summed E-state index contributed by atoms with van der Waals surface area (Å²) in [4.78, 5) is 24.8. The number of likely N-dealkylation sites (N-methyl/N-ethyl adjacent to an activating group) is 1. The second-order valence-electron chi connectivity index (χ2n) is 8.65. The van der Waals surface area contributed by atoms with Crippen molar-refractivity contribution in [1.82, 2.24) is 19.8 Å². The number of hydrogen-bond acceptors (Lipinski definition) is 8. The molecule has 0 spiro atoms. The van der Waals surface area contributed by atoms with Gasteiger partial charge < -0.3 is 20.3 Å². The van der Waals surface area contributed by atoms with Gasteiger partial charge in [0.15, 0.2) is 5.75 Å². The van der Waals surface area contributed by atoms with Gasteiger partial charge in [0, 0.05) is 26.8 Å². The van der Waals surface area contributed by atoms with Crippen molar-refractivity contribution in [2.24, 2.45) is 5.92 Å². The van der Waals surface area contributed by atoms with Crippen LogP contribution in [-0.2, 0) is 4.79 Å². The molecule has 1 amide bonds. The Labute approximate surface area is 194 Å². The Kier molecular flexibility index (Phi) is 6.75. The molecule has 2 aromatic rings. The van der Waals surface area contributed by atoms with E-state index in [-0.39, 0.29) is 5.91 Å². The van der Waals surface area contributed by atoms with Crippen molar-refractivity contribution in [3.63, 3.8) is 0 Å². The lowest BCUT2D eigenvalue weighted by molar-refractivity contribution is -0.130. The Morgan fingerprint density at radius 1 is 1.33 bits per heavy atom. The maximum absolute atomic E-state index is 11.9. The molecular weight excluding hydrogens is 418 g/mol. The summed E-state index contributed by atoms with van der Waals surface area (Å²) >= 11 is 0. The molecule has 0 radical (unpaired) electrons.